The predicted molar refractivity (Wildman–Crippen MR) is 118 cm³/mol. The fraction of sp³-hybridized carbons (Fsp3) is 0.320. The van der Waals surface area contributed by atoms with Crippen molar-refractivity contribution in [2.75, 3.05) is 6.61 Å². The zero-order valence-corrected chi connectivity index (χ0v) is 23.2. The van der Waals surface area contributed by atoms with Crippen LogP contribution in [-0.4, -0.2) is 14.9 Å². The van der Waals surface area contributed by atoms with Crippen LogP contribution in [0.25, 0.3) is 11.1 Å². The first-order chi connectivity index (χ1) is 13.0. The first-order valence-electron chi connectivity index (χ1n) is 9.90. The SMILES string of the molecule is CC1c2[c-]cccc2-c2ccccc21.C[Si](C)(C)OCCC[c-]1cccc1.[Cl-].[Cl-].[Zr+4]. The number of hydrogen-bond acceptors (Lipinski definition) is 1. The second-order valence-electron chi connectivity index (χ2n) is 8.16. The summed E-state index contributed by atoms with van der Waals surface area (Å²) in [6, 6.07) is 26.8. The molecule has 0 heterocycles. The molecular weight excluding hydrogens is 506 g/mol. The molecule has 1 aliphatic rings. The molecule has 0 aromatic heterocycles. The Kier molecular flexibility index (Phi) is 13.5. The summed E-state index contributed by atoms with van der Waals surface area (Å²) in [5.41, 5.74) is 6.94. The van der Waals surface area contributed by atoms with Gasteiger partial charge in [0.05, 0.1) is 0 Å². The summed E-state index contributed by atoms with van der Waals surface area (Å²) in [5, 5.41) is 0. The molecule has 30 heavy (non-hydrogen) atoms. The van der Waals surface area contributed by atoms with Crippen molar-refractivity contribution in [1.82, 2.24) is 0 Å². The molecule has 0 N–H and O–H groups in total. The summed E-state index contributed by atoms with van der Waals surface area (Å²) in [6.45, 7) is 9.86. The predicted octanol–water partition coefficient (Wildman–Crippen LogP) is 0.814. The Balaban J connectivity index is 0.000000512. The van der Waals surface area contributed by atoms with E-state index in [2.05, 4.69) is 93.3 Å². The van der Waals surface area contributed by atoms with Gasteiger partial charge in [0.1, 0.15) is 0 Å². The smallest absolute Gasteiger partial charge is 1.00 e. The minimum atomic E-state index is -1.28. The molecule has 5 heteroatoms. The Morgan fingerprint density at radius 2 is 1.57 bits per heavy atom. The number of benzene rings is 2. The van der Waals surface area contributed by atoms with Crippen LogP contribution in [0.15, 0.2) is 66.7 Å². The van der Waals surface area contributed by atoms with Crippen LogP contribution in [0.4, 0.5) is 0 Å². The molecule has 0 radical (unpaired) electrons. The minimum absolute atomic E-state index is 0. The van der Waals surface area contributed by atoms with Crippen LogP contribution >= 0.6 is 0 Å². The second-order valence-corrected chi connectivity index (χ2v) is 12.7. The topological polar surface area (TPSA) is 9.23 Å². The van der Waals surface area contributed by atoms with E-state index in [4.69, 9.17) is 4.43 Å². The molecule has 1 aliphatic carbocycles. The number of aryl methyl sites for hydroxylation is 1. The van der Waals surface area contributed by atoms with Gasteiger partial charge in [-0.1, -0.05) is 43.2 Å². The van der Waals surface area contributed by atoms with Gasteiger partial charge in [-0.15, -0.1) is 11.1 Å². The third-order valence-corrected chi connectivity index (χ3v) is 5.99. The van der Waals surface area contributed by atoms with Gasteiger partial charge in [-0.25, -0.2) is 12.1 Å². The van der Waals surface area contributed by atoms with E-state index in [1.165, 1.54) is 27.8 Å². The molecule has 0 saturated carbocycles. The van der Waals surface area contributed by atoms with Crippen LogP contribution in [0.5, 0.6) is 0 Å². The first-order valence-corrected chi connectivity index (χ1v) is 13.3. The van der Waals surface area contributed by atoms with E-state index < -0.39 is 8.32 Å². The molecule has 0 bridgehead atoms. The minimum Gasteiger partial charge on any atom is -1.00 e. The standard InChI is InChI=1S/C14H11.C11H19OSi.2ClH.Zr/c1-10-11-6-2-4-8-13(11)14-9-5-3-7-12(10)14;1-13(2,3)12-10-6-9-11-7-4-5-8-11;;;/h2-6,8-10H,1H3;4-5,7-8H,6,9-10H2,1-3H3;2*1H;/q2*-1;;;+4/p-2. The summed E-state index contributed by atoms with van der Waals surface area (Å²) in [4.78, 5) is 0. The van der Waals surface area contributed by atoms with Crippen LogP contribution in [-0.2, 0) is 37.1 Å². The van der Waals surface area contributed by atoms with E-state index in [9.17, 15) is 0 Å². The van der Waals surface area contributed by atoms with E-state index >= 15 is 0 Å². The van der Waals surface area contributed by atoms with E-state index in [1.807, 2.05) is 6.07 Å². The number of rotatable bonds is 5. The molecule has 0 amide bonds. The maximum atomic E-state index is 5.77. The van der Waals surface area contributed by atoms with Crippen molar-refractivity contribution in [3.05, 3.63) is 89.5 Å². The van der Waals surface area contributed by atoms with Crippen molar-refractivity contribution < 1.29 is 55.4 Å². The Labute approximate surface area is 215 Å². The molecule has 4 rings (SSSR count). The molecule has 0 saturated heterocycles. The van der Waals surface area contributed by atoms with Gasteiger partial charge < -0.3 is 29.2 Å². The fourth-order valence-corrected chi connectivity index (χ4v) is 4.31. The van der Waals surface area contributed by atoms with E-state index in [1.54, 1.807) is 0 Å². The van der Waals surface area contributed by atoms with Gasteiger partial charge in [-0.05, 0) is 37.5 Å². The van der Waals surface area contributed by atoms with Crippen LogP contribution in [0.2, 0.25) is 19.6 Å². The van der Waals surface area contributed by atoms with Gasteiger partial charge in [0.15, 0.2) is 8.32 Å². The third-order valence-electron chi connectivity index (χ3n) is 4.92. The Hall–Kier alpha value is -0.570. The van der Waals surface area contributed by atoms with E-state index in [0.29, 0.717) is 5.92 Å². The Morgan fingerprint density at radius 1 is 0.933 bits per heavy atom. The average molecular weight is 537 g/mol. The molecule has 1 atom stereocenters. The van der Waals surface area contributed by atoms with Gasteiger partial charge in [-0.2, -0.15) is 42.0 Å². The summed E-state index contributed by atoms with van der Waals surface area (Å²) in [7, 11) is -1.28. The normalized spacial score (nSPS) is 13.4. The van der Waals surface area contributed by atoms with Gasteiger partial charge in [0.25, 0.3) is 0 Å². The second kappa shape index (κ2) is 13.8. The third kappa shape index (κ3) is 8.17. The molecule has 0 aliphatic heterocycles. The van der Waals surface area contributed by atoms with Crippen LogP contribution in [0, 0.1) is 6.07 Å². The van der Waals surface area contributed by atoms with Gasteiger partial charge in [-0.3, -0.25) is 0 Å². The van der Waals surface area contributed by atoms with Crippen LogP contribution in [0.3, 0.4) is 0 Å². The summed E-state index contributed by atoms with van der Waals surface area (Å²) < 4.78 is 5.77. The largest absolute Gasteiger partial charge is 4.00 e. The molecule has 0 spiro atoms. The number of fused-ring (bicyclic) bond motifs is 3. The van der Waals surface area contributed by atoms with Crippen molar-refractivity contribution in [3.63, 3.8) is 0 Å². The molecule has 0 fully saturated rings. The van der Waals surface area contributed by atoms with Crippen molar-refractivity contribution >= 4 is 8.32 Å². The summed E-state index contributed by atoms with van der Waals surface area (Å²) in [6.07, 6.45) is 2.30. The van der Waals surface area contributed by atoms with Crippen molar-refractivity contribution in [3.8, 4) is 11.1 Å². The van der Waals surface area contributed by atoms with Gasteiger partial charge >= 0.3 is 26.2 Å². The number of halogens is 2. The van der Waals surface area contributed by atoms with Crippen LogP contribution in [0.1, 0.15) is 36.0 Å². The summed E-state index contributed by atoms with van der Waals surface area (Å²) in [5.74, 6) is 0.502. The molecule has 1 unspecified atom stereocenters. The maximum absolute atomic E-state index is 5.77. The van der Waals surface area contributed by atoms with E-state index in [0.717, 1.165) is 19.4 Å². The molecule has 3 aromatic rings. The van der Waals surface area contributed by atoms with E-state index in [-0.39, 0.29) is 51.0 Å². The molecule has 158 valence electrons. The summed E-state index contributed by atoms with van der Waals surface area (Å²) >= 11 is 0. The van der Waals surface area contributed by atoms with Crippen molar-refractivity contribution in [1.29, 1.82) is 0 Å². The fourth-order valence-electron chi connectivity index (χ4n) is 3.55. The average Bonchev–Trinajstić information content (AvgIpc) is 3.27. The maximum Gasteiger partial charge on any atom is 4.00 e. The molecule has 3 aromatic carbocycles. The Bertz CT molecular complexity index is 814. The number of hydrogen-bond donors (Lipinski definition) is 0. The first kappa shape index (κ1) is 29.4. The van der Waals surface area contributed by atoms with Crippen molar-refractivity contribution in [2.45, 2.75) is 45.3 Å². The van der Waals surface area contributed by atoms with Crippen molar-refractivity contribution in [2.24, 2.45) is 0 Å². The molecular formula is C25H30Cl2OSiZr. The Morgan fingerprint density at radius 3 is 2.23 bits per heavy atom. The zero-order chi connectivity index (χ0) is 19.3. The zero-order valence-electron chi connectivity index (χ0n) is 18.2. The van der Waals surface area contributed by atoms with Gasteiger partial charge in [0, 0.05) is 6.61 Å². The molecule has 1 nitrogen and oxygen atoms in total. The van der Waals surface area contributed by atoms with Crippen LogP contribution < -0.4 is 24.8 Å². The van der Waals surface area contributed by atoms with Gasteiger partial charge in [0.2, 0.25) is 0 Å². The monoisotopic (exact) mass is 534 g/mol. The quantitative estimate of drug-likeness (QED) is 0.267.